The van der Waals surface area contributed by atoms with Crippen LogP contribution in [0.4, 0.5) is 10.1 Å². The minimum Gasteiger partial charge on any atom is -0.469 e. The minimum atomic E-state index is -1.34. The molecule has 13 heteroatoms. The number of nitrogens with zero attached hydrogens (tertiary/aromatic N) is 3. The number of halogens is 1. The number of nitrogens with one attached hydrogen (secondary N) is 3. The molecule has 2 amide bonds. The van der Waals surface area contributed by atoms with E-state index >= 15 is 4.39 Å². The summed E-state index contributed by atoms with van der Waals surface area (Å²) in [6, 6.07) is 9.52. The maximum atomic E-state index is 15.0. The number of hydrogen-bond donors (Lipinski definition) is 4. The average molecular weight is 625 g/mol. The highest BCUT2D eigenvalue weighted by molar-refractivity contribution is 5.90. The maximum Gasteiger partial charge on any atom is 0.250 e. The highest BCUT2D eigenvalue weighted by Gasteiger charge is 2.61. The first-order valence-corrected chi connectivity index (χ1v) is 14.7. The fraction of sp³-hybridized carbons (Fsp3) is 0.303. The third kappa shape index (κ3) is 4.36. The molecule has 0 fully saturated rings. The summed E-state index contributed by atoms with van der Waals surface area (Å²) in [4.78, 5) is 35.9. The molecule has 0 aliphatic carbocycles. The number of amides is 2. The van der Waals surface area contributed by atoms with Crippen LogP contribution in [0.5, 0.6) is 5.75 Å². The number of nitriles is 1. The van der Waals surface area contributed by atoms with Crippen molar-refractivity contribution < 1.29 is 32.7 Å². The minimum absolute atomic E-state index is 0.00531. The van der Waals surface area contributed by atoms with Gasteiger partial charge in [-0.25, -0.2) is 9.37 Å². The molecule has 46 heavy (non-hydrogen) atoms. The molecule has 0 saturated heterocycles. The number of carbonyl (C=O) groups excluding carboxylic acids is 2. The van der Waals surface area contributed by atoms with Gasteiger partial charge in [0.15, 0.2) is 23.4 Å². The molecule has 2 aromatic heterocycles. The van der Waals surface area contributed by atoms with Crippen molar-refractivity contribution in [2.24, 2.45) is 5.92 Å². The van der Waals surface area contributed by atoms with Gasteiger partial charge in [-0.05, 0) is 48.2 Å². The molecule has 7 rings (SSSR count). The number of aliphatic hydroxyl groups excluding tert-OH is 1. The van der Waals surface area contributed by atoms with Gasteiger partial charge in [-0.15, -0.1) is 0 Å². The molecule has 3 aliphatic heterocycles. The first-order valence-electron chi connectivity index (χ1n) is 14.7. The Labute approximate surface area is 262 Å². The number of rotatable bonds is 5. The monoisotopic (exact) mass is 624 g/mol. The Morgan fingerprint density at radius 2 is 2.02 bits per heavy atom. The van der Waals surface area contributed by atoms with Crippen molar-refractivity contribution in [2.45, 2.75) is 57.0 Å². The van der Waals surface area contributed by atoms with Crippen LogP contribution in [0.15, 0.2) is 63.6 Å². The molecule has 0 saturated carbocycles. The molecular weight excluding hydrogens is 595 g/mol. The lowest BCUT2D eigenvalue weighted by Gasteiger charge is -2.28. The van der Waals surface area contributed by atoms with Gasteiger partial charge in [0.2, 0.25) is 23.6 Å². The summed E-state index contributed by atoms with van der Waals surface area (Å²) in [7, 11) is 0. The molecule has 4 aromatic rings. The number of fused-ring (bicyclic) bond motifs is 4. The Bertz CT molecular complexity index is 1980. The molecule has 1 spiro atoms. The molecule has 5 atom stereocenters. The van der Waals surface area contributed by atoms with E-state index in [-0.39, 0.29) is 41.3 Å². The SMILES string of the molecule is C=C(C)C1NC(=O)C(NC(=O)C(O)C(C)C)Cc2ccc3c(c2)C2(c4cc(F)ccc4NC2O3)c2oc1nc2-c1nc(C#N)co1. The molecule has 234 valence electrons. The average Bonchev–Trinajstić information content (AvgIpc) is 3.79. The standard InChI is InChI=1S/C33H29FN6O6/c1-14(2)24-31-40-25(30-36-18(12-35)13-44-30)27(46-31)33-19-11-17(34)6-7-21(19)38-32(33)45-23-8-5-16(9-20(23)33)10-22(28(42)39-24)37-29(43)26(41)15(3)4/h5-9,11,13,15,22,24,26,32,38,41H,1,10H2,2-4H3,(H,37,43)(H,39,42). The number of oxazole rings is 2. The van der Waals surface area contributed by atoms with E-state index in [1.807, 2.05) is 12.1 Å². The van der Waals surface area contributed by atoms with Crippen LogP contribution in [-0.4, -0.2) is 45.3 Å². The van der Waals surface area contributed by atoms with E-state index in [1.165, 1.54) is 18.4 Å². The van der Waals surface area contributed by atoms with Gasteiger partial charge in [-0.1, -0.05) is 32.6 Å². The first-order chi connectivity index (χ1) is 22.0. The predicted octanol–water partition coefficient (Wildman–Crippen LogP) is 3.61. The van der Waals surface area contributed by atoms with Crippen molar-refractivity contribution in [3.8, 4) is 23.4 Å². The second-order valence-corrected chi connectivity index (χ2v) is 12.1. The molecular formula is C33H29FN6O6. The van der Waals surface area contributed by atoms with Gasteiger partial charge >= 0.3 is 0 Å². The smallest absolute Gasteiger partial charge is 0.250 e. The number of anilines is 1. The normalized spacial score (nSPS) is 23.1. The number of ether oxygens (including phenoxy) is 1. The zero-order valence-corrected chi connectivity index (χ0v) is 25.1. The largest absolute Gasteiger partial charge is 0.469 e. The van der Waals surface area contributed by atoms with Gasteiger partial charge in [-0.2, -0.15) is 10.2 Å². The molecule has 5 heterocycles. The Kier molecular flexibility index (Phi) is 6.71. The highest BCUT2D eigenvalue weighted by Crippen LogP contribution is 2.59. The van der Waals surface area contributed by atoms with Gasteiger partial charge in [-0.3, -0.25) is 9.59 Å². The van der Waals surface area contributed by atoms with E-state index in [4.69, 9.17) is 18.6 Å². The maximum absolute atomic E-state index is 15.0. The summed E-state index contributed by atoms with van der Waals surface area (Å²) in [5.74, 6) is -1.50. The lowest BCUT2D eigenvalue weighted by molar-refractivity contribution is -0.135. The molecule has 2 aromatic carbocycles. The van der Waals surface area contributed by atoms with Crippen molar-refractivity contribution in [2.75, 3.05) is 5.32 Å². The Hall–Kier alpha value is -5.48. The van der Waals surface area contributed by atoms with Crippen LogP contribution in [0.25, 0.3) is 11.6 Å². The van der Waals surface area contributed by atoms with E-state index < -0.39 is 47.5 Å². The summed E-state index contributed by atoms with van der Waals surface area (Å²) in [5, 5.41) is 28.9. The molecule has 4 bridgehead atoms. The fourth-order valence-electron chi connectivity index (χ4n) is 6.32. The molecule has 3 aliphatic rings. The highest BCUT2D eigenvalue weighted by atomic mass is 19.1. The summed E-state index contributed by atoms with van der Waals surface area (Å²) >= 11 is 0. The quantitative estimate of drug-likeness (QED) is 0.240. The second kappa shape index (κ2) is 10.6. The van der Waals surface area contributed by atoms with Crippen LogP contribution in [-0.2, 0) is 21.4 Å². The Balaban J connectivity index is 1.50. The van der Waals surface area contributed by atoms with Crippen LogP contribution in [0, 0.1) is 23.1 Å². The number of hydrogen-bond acceptors (Lipinski definition) is 10. The number of aliphatic hydroxyl groups is 1. The van der Waals surface area contributed by atoms with Crippen LogP contribution in [0.2, 0.25) is 0 Å². The van der Waals surface area contributed by atoms with Crippen LogP contribution in [0.1, 0.15) is 60.8 Å². The third-order valence-electron chi connectivity index (χ3n) is 8.62. The number of carbonyl (C=O) groups is 2. The second-order valence-electron chi connectivity index (χ2n) is 12.1. The lowest BCUT2D eigenvalue weighted by atomic mass is 9.72. The zero-order chi connectivity index (χ0) is 32.5. The fourth-order valence-corrected chi connectivity index (χ4v) is 6.32. The van der Waals surface area contributed by atoms with Crippen molar-refractivity contribution in [3.63, 3.8) is 0 Å². The van der Waals surface area contributed by atoms with E-state index in [2.05, 4.69) is 27.5 Å². The summed E-state index contributed by atoms with van der Waals surface area (Å²) in [6.45, 7) is 9.11. The summed E-state index contributed by atoms with van der Waals surface area (Å²) < 4.78 is 33.8. The van der Waals surface area contributed by atoms with Crippen molar-refractivity contribution in [3.05, 3.63) is 94.7 Å². The molecule has 0 radical (unpaired) electrons. The summed E-state index contributed by atoms with van der Waals surface area (Å²) in [6.07, 6.45) is -0.925. The zero-order valence-electron chi connectivity index (χ0n) is 25.1. The molecule has 5 unspecified atom stereocenters. The summed E-state index contributed by atoms with van der Waals surface area (Å²) in [5.41, 5.74) is 1.57. The Morgan fingerprint density at radius 1 is 1.22 bits per heavy atom. The molecule has 12 nitrogen and oxygen atoms in total. The van der Waals surface area contributed by atoms with E-state index in [0.717, 1.165) is 0 Å². The lowest BCUT2D eigenvalue weighted by Crippen LogP contribution is -2.52. The number of benzene rings is 2. The van der Waals surface area contributed by atoms with Gasteiger partial charge < -0.3 is 34.6 Å². The van der Waals surface area contributed by atoms with Crippen molar-refractivity contribution >= 4 is 17.5 Å². The predicted molar refractivity (Wildman–Crippen MR) is 160 cm³/mol. The number of aromatic nitrogens is 2. The Morgan fingerprint density at radius 3 is 2.74 bits per heavy atom. The van der Waals surface area contributed by atoms with Gasteiger partial charge in [0.25, 0.3) is 0 Å². The van der Waals surface area contributed by atoms with Crippen LogP contribution < -0.4 is 20.7 Å². The van der Waals surface area contributed by atoms with Gasteiger partial charge in [0.05, 0.1) is 0 Å². The van der Waals surface area contributed by atoms with Crippen molar-refractivity contribution in [1.82, 2.24) is 20.6 Å². The van der Waals surface area contributed by atoms with Gasteiger partial charge in [0.1, 0.15) is 47.5 Å². The third-order valence-corrected chi connectivity index (χ3v) is 8.62. The van der Waals surface area contributed by atoms with Crippen LogP contribution in [0.3, 0.4) is 0 Å². The van der Waals surface area contributed by atoms with Gasteiger partial charge in [0, 0.05) is 23.2 Å². The van der Waals surface area contributed by atoms with E-state index in [9.17, 15) is 20.0 Å². The topological polar surface area (TPSA) is 176 Å². The molecule has 4 N–H and O–H groups in total. The van der Waals surface area contributed by atoms with E-state index in [0.29, 0.717) is 33.7 Å². The van der Waals surface area contributed by atoms with Crippen LogP contribution >= 0.6 is 0 Å². The van der Waals surface area contributed by atoms with Crippen molar-refractivity contribution in [1.29, 1.82) is 5.26 Å². The first kappa shape index (κ1) is 29.2. The van der Waals surface area contributed by atoms with E-state index in [1.54, 1.807) is 39.0 Å².